The van der Waals surface area contributed by atoms with Gasteiger partial charge in [-0.05, 0) is 35.4 Å². The monoisotopic (exact) mass is 365 g/mol. The first kappa shape index (κ1) is 16.7. The molecule has 9 heteroatoms. The van der Waals surface area contributed by atoms with Gasteiger partial charge in [-0.2, -0.15) is 9.36 Å². The molecule has 0 N–H and O–H groups in total. The van der Waals surface area contributed by atoms with Gasteiger partial charge in [-0.25, -0.2) is 9.78 Å². The van der Waals surface area contributed by atoms with Gasteiger partial charge in [0.15, 0.2) is 0 Å². The Morgan fingerprint density at radius 3 is 2.71 bits per heavy atom. The van der Waals surface area contributed by atoms with Crippen LogP contribution < -0.4 is 10.4 Å². The molecule has 24 heavy (non-hydrogen) atoms. The Labute approximate surface area is 147 Å². The van der Waals surface area contributed by atoms with E-state index >= 15 is 0 Å². The topological polar surface area (TPSA) is 74.8 Å². The fourth-order valence-electron chi connectivity index (χ4n) is 2.33. The van der Waals surface area contributed by atoms with Gasteiger partial charge in [0.25, 0.3) is 5.19 Å². The lowest BCUT2D eigenvalue weighted by atomic mass is 10.0. The molecule has 0 aliphatic heterocycles. The molecule has 7 nitrogen and oxygen atoms in total. The van der Waals surface area contributed by atoms with E-state index in [1.54, 1.807) is 7.05 Å². The quantitative estimate of drug-likeness (QED) is 0.694. The molecule has 0 bridgehead atoms. The minimum absolute atomic E-state index is 0.269. The van der Waals surface area contributed by atoms with Gasteiger partial charge < -0.3 is 4.74 Å². The van der Waals surface area contributed by atoms with Gasteiger partial charge in [-0.15, -0.1) is 0 Å². The second-order valence-electron chi connectivity index (χ2n) is 5.19. The molecule has 3 aromatic rings. The second kappa shape index (κ2) is 6.74. The number of halogens is 1. The van der Waals surface area contributed by atoms with Crippen molar-refractivity contribution in [3.05, 3.63) is 49.8 Å². The Balaban J connectivity index is 1.99. The summed E-state index contributed by atoms with van der Waals surface area (Å²) in [6.45, 7) is 4.15. The Morgan fingerprint density at radius 1 is 1.33 bits per heavy atom. The Kier molecular flexibility index (Phi) is 4.68. The van der Waals surface area contributed by atoms with Crippen molar-refractivity contribution in [3.8, 4) is 10.9 Å². The van der Waals surface area contributed by atoms with Crippen LogP contribution >= 0.6 is 22.9 Å². The van der Waals surface area contributed by atoms with Gasteiger partial charge in [-0.1, -0.05) is 42.0 Å². The highest BCUT2D eigenvalue weighted by molar-refractivity contribution is 7.17. The predicted molar refractivity (Wildman–Crippen MR) is 92.2 cm³/mol. The molecule has 0 unspecified atom stereocenters. The molecule has 0 saturated carbocycles. The molecule has 3 rings (SSSR count). The van der Waals surface area contributed by atoms with Crippen molar-refractivity contribution < 1.29 is 4.74 Å². The van der Waals surface area contributed by atoms with Crippen LogP contribution in [0.5, 0.6) is 5.19 Å². The van der Waals surface area contributed by atoms with Gasteiger partial charge in [0.1, 0.15) is 10.9 Å². The van der Waals surface area contributed by atoms with E-state index in [-0.39, 0.29) is 12.3 Å². The van der Waals surface area contributed by atoms with Gasteiger partial charge in [0.2, 0.25) is 0 Å². The van der Waals surface area contributed by atoms with E-state index in [2.05, 4.69) is 15.4 Å². The summed E-state index contributed by atoms with van der Waals surface area (Å²) in [6.07, 6.45) is 0.805. The fraction of sp³-hybridized carbons (Fsp3) is 0.333. The summed E-state index contributed by atoms with van der Waals surface area (Å²) in [7, 11) is 1.56. The summed E-state index contributed by atoms with van der Waals surface area (Å²) in [6, 6.07) is 5.72. The standard InChI is InChI=1S/C15H16ClN5O2S/c1-4-10-6-5-7-12(21-15(22)20(3)18-19-21)11(10)8-23-14-17-9(2)13(16)24-14/h5-7H,4,8H2,1-3H3. The van der Waals surface area contributed by atoms with Crippen LogP contribution in [0.4, 0.5) is 0 Å². The summed E-state index contributed by atoms with van der Waals surface area (Å²) in [5, 5.41) is 8.19. The van der Waals surface area contributed by atoms with Gasteiger partial charge in [0, 0.05) is 12.6 Å². The lowest BCUT2D eigenvalue weighted by molar-refractivity contribution is 0.302. The maximum absolute atomic E-state index is 12.2. The number of tetrazole rings is 1. The summed E-state index contributed by atoms with van der Waals surface area (Å²) < 4.78 is 8.87. The van der Waals surface area contributed by atoms with Crippen LogP contribution in [0.15, 0.2) is 23.0 Å². The third-order valence-electron chi connectivity index (χ3n) is 3.64. The zero-order valence-electron chi connectivity index (χ0n) is 13.5. The van der Waals surface area contributed by atoms with E-state index in [0.29, 0.717) is 15.2 Å². The van der Waals surface area contributed by atoms with Crippen LogP contribution in [-0.2, 0) is 20.1 Å². The minimum Gasteiger partial charge on any atom is -0.465 e. The van der Waals surface area contributed by atoms with E-state index in [4.69, 9.17) is 16.3 Å². The highest BCUT2D eigenvalue weighted by atomic mass is 35.5. The number of aromatic nitrogens is 5. The van der Waals surface area contributed by atoms with E-state index < -0.39 is 0 Å². The molecule has 0 radical (unpaired) electrons. The molecule has 0 aliphatic carbocycles. The maximum Gasteiger partial charge on any atom is 0.368 e. The number of hydrogen-bond donors (Lipinski definition) is 0. The fourth-order valence-corrected chi connectivity index (χ4v) is 3.22. The summed E-state index contributed by atoms with van der Waals surface area (Å²) in [4.78, 5) is 16.4. The third kappa shape index (κ3) is 3.07. The molecule has 0 saturated heterocycles. The summed E-state index contributed by atoms with van der Waals surface area (Å²) in [5.41, 5.74) is 3.05. The highest BCUT2D eigenvalue weighted by Crippen LogP contribution is 2.30. The highest BCUT2D eigenvalue weighted by Gasteiger charge is 2.15. The van der Waals surface area contributed by atoms with Crippen LogP contribution in [0.1, 0.15) is 23.7 Å². The van der Waals surface area contributed by atoms with Crippen molar-refractivity contribution in [2.75, 3.05) is 0 Å². The van der Waals surface area contributed by atoms with E-state index in [9.17, 15) is 4.79 Å². The number of hydrogen-bond acceptors (Lipinski definition) is 6. The molecular formula is C15H16ClN5O2S. The molecule has 0 atom stereocenters. The number of benzene rings is 1. The first-order valence-electron chi connectivity index (χ1n) is 7.37. The average Bonchev–Trinajstić information content (AvgIpc) is 3.07. The van der Waals surface area contributed by atoms with Crippen molar-refractivity contribution in [1.29, 1.82) is 0 Å². The molecule has 2 heterocycles. The van der Waals surface area contributed by atoms with E-state index in [0.717, 1.165) is 23.2 Å². The van der Waals surface area contributed by atoms with Crippen LogP contribution in [0.2, 0.25) is 4.34 Å². The molecule has 0 spiro atoms. The maximum atomic E-state index is 12.2. The Hall–Kier alpha value is -2.19. The average molecular weight is 366 g/mol. The summed E-state index contributed by atoms with van der Waals surface area (Å²) in [5.74, 6) is 0. The van der Waals surface area contributed by atoms with Crippen molar-refractivity contribution in [2.45, 2.75) is 26.9 Å². The van der Waals surface area contributed by atoms with Crippen molar-refractivity contribution in [1.82, 2.24) is 24.8 Å². The molecule has 126 valence electrons. The van der Waals surface area contributed by atoms with Crippen molar-refractivity contribution in [3.63, 3.8) is 0 Å². The molecule has 0 aliphatic rings. The molecule has 0 amide bonds. The minimum atomic E-state index is -0.308. The second-order valence-corrected chi connectivity index (χ2v) is 6.76. The molecule has 1 aromatic carbocycles. The summed E-state index contributed by atoms with van der Waals surface area (Å²) >= 11 is 7.32. The van der Waals surface area contributed by atoms with Crippen LogP contribution in [0, 0.1) is 6.92 Å². The van der Waals surface area contributed by atoms with Crippen LogP contribution in [-0.4, -0.2) is 24.8 Å². The first-order valence-corrected chi connectivity index (χ1v) is 8.56. The Morgan fingerprint density at radius 2 is 2.12 bits per heavy atom. The smallest absolute Gasteiger partial charge is 0.368 e. The van der Waals surface area contributed by atoms with Crippen molar-refractivity contribution in [2.24, 2.45) is 7.05 Å². The van der Waals surface area contributed by atoms with Crippen LogP contribution in [0.3, 0.4) is 0 Å². The van der Waals surface area contributed by atoms with Crippen LogP contribution in [0.25, 0.3) is 5.69 Å². The zero-order chi connectivity index (χ0) is 17.3. The zero-order valence-corrected chi connectivity index (χ0v) is 15.1. The lowest BCUT2D eigenvalue weighted by Crippen LogP contribution is -2.23. The number of nitrogens with zero attached hydrogens (tertiary/aromatic N) is 5. The largest absolute Gasteiger partial charge is 0.465 e. The number of rotatable bonds is 5. The van der Waals surface area contributed by atoms with Crippen molar-refractivity contribution >= 4 is 22.9 Å². The molecule has 2 aromatic heterocycles. The van der Waals surface area contributed by atoms with E-state index in [1.807, 2.05) is 32.0 Å². The number of ether oxygens (including phenoxy) is 1. The first-order chi connectivity index (χ1) is 11.5. The van der Waals surface area contributed by atoms with Gasteiger partial charge >= 0.3 is 5.69 Å². The lowest BCUT2D eigenvalue weighted by Gasteiger charge is -2.12. The normalized spacial score (nSPS) is 11.0. The third-order valence-corrected chi connectivity index (χ3v) is 5.00. The number of aryl methyl sites for hydroxylation is 3. The SMILES string of the molecule is CCc1cccc(-n2nnn(C)c2=O)c1COc1nc(C)c(Cl)s1. The van der Waals surface area contributed by atoms with E-state index in [1.165, 1.54) is 20.7 Å². The van der Waals surface area contributed by atoms with Gasteiger partial charge in [-0.3, -0.25) is 0 Å². The van der Waals surface area contributed by atoms with Gasteiger partial charge in [0.05, 0.1) is 11.4 Å². The Bertz CT molecular complexity index is 911. The predicted octanol–water partition coefficient (Wildman–Crippen LogP) is 2.53. The molecular weight excluding hydrogens is 350 g/mol. The number of thiazole rings is 1. The molecule has 0 fully saturated rings.